The number of carbonyl (C=O) groups excluding carboxylic acids is 2. The van der Waals surface area contributed by atoms with E-state index in [4.69, 9.17) is 4.74 Å². The van der Waals surface area contributed by atoms with Crippen LogP contribution in [0.5, 0.6) is 0 Å². The van der Waals surface area contributed by atoms with Gasteiger partial charge in [-0.05, 0) is 17.7 Å². The summed E-state index contributed by atoms with van der Waals surface area (Å²) in [5.41, 5.74) is 5.01. The molecule has 1 atom stereocenters. The lowest BCUT2D eigenvalue weighted by molar-refractivity contribution is -0.121. The SMILES string of the molecule is COCCN(C(=O)S)c1ccc(C2=NNC(=O)CC2C)cc1. The molecule has 1 aromatic carbocycles. The molecule has 1 heterocycles. The van der Waals surface area contributed by atoms with Crippen LogP contribution in [0.15, 0.2) is 29.4 Å². The number of hydrogen-bond donors (Lipinski definition) is 2. The first-order chi connectivity index (χ1) is 10.5. The molecule has 0 spiro atoms. The van der Waals surface area contributed by atoms with Crippen molar-refractivity contribution in [2.24, 2.45) is 11.0 Å². The van der Waals surface area contributed by atoms with Crippen LogP contribution in [0.2, 0.25) is 0 Å². The molecule has 0 aliphatic carbocycles. The van der Waals surface area contributed by atoms with Gasteiger partial charge in [-0.3, -0.25) is 9.59 Å². The molecule has 22 heavy (non-hydrogen) atoms. The van der Waals surface area contributed by atoms with Crippen molar-refractivity contribution in [1.29, 1.82) is 0 Å². The van der Waals surface area contributed by atoms with Gasteiger partial charge in [-0.1, -0.05) is 31.7 Å². The maximum absolute atomic E-state index is 11.6. The summed E-state index contributed by atoms with van der Waals surface area (Å²) in [7, 11) is 1.58. The van der Waals surface area contributed by atoms with E-state index >= 15 is 0 Å². The number of ether oxygens (including phenoxy) is 1. The number of nitrogens with zero attached hydrogens (tertiary/aromatic N) is 2. The third-order valence-electron chi connectivity index (χ3n) is 3.48. The fourth-order valence-electron chi connectivity index (χ4n) is 2.33. The van der Waals surface area contributed by atoms with Crippen LogP contribution >= 0.6 is 12.6 Å². The summed E-state index contributed by atoms with van der Waals surface area (Å²) in [6, 6.07) is 7.45. The number of thiol groups is 1. The Morgan fingerprint density at radius 3 is 2.68 bits per heavy atom. The van der Waals surface area contributed by atoms with Gasteiger partial charge in [-0.25, -0.2) is 5.43 Å². The molecule has 2 rings (SSSR count). The maximum Gasteiger partial charge on any atom is 0.283 e. The molecule has 1 aromatic rings. The zero-order valence-electron chi connectivity index (χ0n) is 12.6. The second kappa shape index (κ2) is 7.42. The Bertz CT molecular complexity index is 586. The Hall–Kier alpha value is -1.86. The van der Waals surface area contributed by atoms with E-state index in [0.717, 1.165) is 17.0 Å². The number of nitrogens with one attached hydrogen (secondary N) is 1. The fraction of sp³-hybridized carbons (Fsp3) is 0.400. The Balaban J connectivity index is 2.19. The van der Waals surface area contributed by atoms with Crippen LogP contribution in [0.1, 0.15) is 18.9 Å². The molecule has 0 fully saturated rings. The zero-order chi connectivity index (χ0) is 16.1. The van der Waals surface area contributed by atoms with Gasteiger partial charge in [0, 0.05) is 25.1 Å². The monoisotopic (exact) mass is 321 g/mol. The number of rotatable bonds is 5. The van der Waals surface area contributed by atoms with E-state index in [1.807, 2.05) is 31.2 Å². The van der Waals surface area contributed by atoms with Crippen LogP contribution in [0.3, 0.4) is 0 Å². The third-order valence-corrected chi connectivity index (χ3v) is 3.73. The first kappa shape index (κ1) is 16.5. The Kier molecular flexibility index (Phi) is 5.57. The smallest absolute Gasteiger partial charge is 0.283 e. The predicted molar refractivity (Wildman–Crippen MR) is 88.5 cm³/mol. The highest BCUT2D eigenvalue weighted by Gasteiger charge is 2.21. The van der Waals surface area contributed by atoms with Gasteiger partial charge >= 0.3 is 0 Å². The molecule has 0 radical (unpaired) electrons. The second-order valence-electron chi connectivity index (χ2n) is 5.11. The van der Waals surface area contributed by atoms with Crippen LogP contribution in [0, 0.1) is 5.92 Å². The minimum absolute atomic E-state index is 0.0655. The van der Waals surface area contributed by atoms with E-state index in [9.17, 15) is 9.59 Å². The molecule has 7 heteroatoms. The Morgan fingerprint density at radius 1 is 1.45 bits per heavy atom. The molecule has 0 saturated heterocycles. The van der Waals surface area contributed by atoms with E-state index in [1.165, 1.54) is 4.90 Å². The molecule has 1 N–H and O–H groups in total. The molecule has 0 bridgehead atoms. The lowest BCUT2D eigenvalue weighted by atomic mass is 9.94. The van der Waals surface area contributed by atoms with Crippen molar-refractivity contribution in [2.75, 3.05) is 25.2 Å². The van der Waals surface area contributed by atoms with Crippen LogP contribution in [0.25, 0.3) is 0 Å². The highest BCUT2D eigenvalue weighted by Crippen LogP contribution is 2.21. The lowest BCUT2D eigenvalue weighted by Gasteiger charge is -2.22. The van der Waals surface area contributed by atoms with E-state index in [-0.39, 0.29) is 17.1 Å². The van der Waals surface area contributed by atoms with E-state index in [1.54, 1.807) is 7.11 Å². The summed E-state index contributed by atoms with van der Waals surface area (Å²) in [5, 5.41) is 3.79. The summed E-state index contributed by atoms with van der Waals surface area (Å²) in [6.07, 6.45) is 0.426. The van der Waals surface area contributed by atoms with Crippen molar-refractivity contribution in [1.82, 2.24) is 5.43 Å². The Labute approximate surface area is 134 Å². The van der Waals surface area contributed by atoms with Gasteiger partial charge in [0.15, 0.2) is 0 Å². The van der Waals surface area contributed by atoms with Crippen molar-refractivity contribution < 1.29 is 14.3 Å². The van der Waals surface area contributed by atoms with Gasteiger partial charge in [0.25, 0.3) is 5.24 Å². The average molecular weight is 321 g/mol. The molecule has 1 aliphatic rings. The first-order valence-corrected chi connectivity index (χ1v) is 7.44. The van der Waals surface area contributed by atoms with Gasteiger partial charge in [0.1, 0.15) is 0 Å². The minimum Gasteiger partial charge on any atom is -0.383 e. The van der Waals surface area contributed by atoms with Crippen LogP contribution in [-0.4, -0.2) is 37.1 Å². The quantitative estimate of drug-likeness (QED) is 0.815. The zero-order valence-corrected chi connectivity index (χ0v) is 13.5. The number of hydrogen-bond acceptors (Lipinski definition) is 4. The molecule has 6 nitrogen and oxygen atoms in total. The molecular formula is C15H19N3O3S. The van der Waals surface area contributed by atoms with Crippen molar-refractivity contribution in [3.05, 3.63) is 29.8 Å². The normalized spacial score (nSPS) is 17.7. The number of benzene rings is 1. The molecular weight excluding hydrogens is 302 g/mol. The van der Waals surface area contributed by atoms with Crippen LogP contribution in [-0.2, 0) is 9.53 Å². The van der Waals surface area contributed by atoms with Gasteiger partial charge < -0.3 is 9.64 Å². The molecule has 1 unspecified atom stereocenters. The van der Waals surface area contributed by atoms with E-state index in [2.05, 4.69) is 23.2 Å². The van der Waals surface area contributed by atoms with E-state index < -0.39 is 0 Å². The average Bonchev–Trinajstić information content (AvgIpc) is 2.48. The molecule has 1 aliphatic heterocycles. The summed E-state index contributed by atoms with van der Waals surface area (Å²) >= 11 is 3.89. The maximum atomic E-state index is 11.6. The number of anilines is 1. The van der Waals surface area contributed by atoms with Crippen molar-refractivity contribution in [2.45, 2.75) is 13.3 Å². The molecule has 0 saturated carbocycles. The summed E-state index contributed by atoms with van der Waals surface area (Å²) < 4.78 is 5.00. The standard InChI is InChI=1S/C15H19N3O3S/c1-10-9-13(19)16-17-14(10)11-3-5-12(6-4-11)18(15(20)22)7-8-21-2/h3-6,10H,7-9H2,1-2H3,(H,16,19)(H,20,22). The van der Waals surface area contributed by atoms with Crippen LogP contribution in [0.4, 0.5) is 10.5 Å². The Morgan fingerprint density at radius 2 is 2.14 bits per heavy atom. The fourth-order valence-corrected chi connectivity index (χ4v) is 2.55. The number of methoxy groups -OCH3 is 1. The van der Waals surface area contributed by atoms with Gasteiger partial charge in [0.2, 0.25) is 5.91 Å². The van der Waals surface area contributed by atoms with E-state index in [0.29, 0.717) is 19.6 Å². The highest BCUT2D eigenvalue weighted by molar-refractivity contribution is 7.96. The van der Waals surface area contributed by atoms with Gasteiger partial charge in [0.05, 0.1) is 18.9 Å². The number of amides is 2. The van der Waals surface area contributed by atoms with Crippen molar-refractivity contribution >= 4 is 35.2 Å². The van der Waals surface area contributed by atoms with Crippen molar-refractivity contribution in [3.8, 4) is 0 Å². The molecule has 2 amide bonds. The third kappa shape index (κ3) is 3.86. The lowest BCUT2D eigenvalue weighted by Crippen LogP contribution is -2.32. The van der Waals surface area contributed by atoms with Gasteiger partial charge in [-0.15, -0.1) is 0 Å². The summed E-state index contributed by atoms with van der Waals surface area (Å²) in [5.74, 6) is -0.00464. The number of hydrazone groups is 1. The second-order valence-corrected chi connectivity index (χ2v) is 5.49. The summed E-state index contributed by atoms with van der Waals surface area (Å²) in [6.45, 7) is 2.84. The van der Waals surface area contributed by atoms with Crippen molar-refractivity contribution in [3.63, 3.8) is 0 Å². The molecule has 0 aromatic heterocycles. The minimum atomic E-state index is -0.333. The number of carbonyl (C=O) groups is 2. The largest absolute Gasteiger partial charge is 0.383 e. The topological polar surface area (TPSA) is 71.0 Å². The molecule has 118 valence electrons. The van der Waals surface area contributed by atoms with Gasteiger partial charge in [-0.2, -0.15) is 5.10 Å². The first-order valence-electron chi connectivity index (χ1n) is 6.99. The highest BCUT2D eigenvalue weighted by atomic mass is 32.1. The predicted octanol–water partition coefficient (Wildman–Crippen LogP) is 2.05. The van der Waals surface area contributed by atoms with Crippen LogP contribution < -0.4 is 10.3 Å². The summed E-state index contributed by atoms with van der Waals surface area (Å²) in [4.78, 5) is 24.4.